The first-order chi connectivity index (χ1) is 9.29. The maximum atomic E-state index is 11.8. The molecule has 0 fully saturated rings. The second kappa shape index (κ2) is 6.35. The van der Waals surface area contributed by atoms with Gasteiger partial charge >= 0.3 is 0 Å². The van der Waals surface area contributed by atoms with Crippen molar-refractivity contribution < 1.29 is 9.53 Å². The van der Waals surface area contributed by atoms with E-state index in [9.17, 15) is 4.79 Å². The van der Waals surface area contributed by atoms with Gasteiger partial charge in [0.2, 0.25) is 0 Å². The molecule has 0 aliphatic carbocycles. The summed E-state index contributed by atoms with van der Waals surface area (Å²) < 4.78 is 5.06. The lowest BCUT2D eigenvalue weighted by Crippen LogP contribution is -2.17. The second-order valence-electron chi connectivity index (χ2n) is 3.84. The molecule has 0 spiro atoms. The number of nitrogens with one attached hydrogen (secondary N) is 1. The Hall–Kier alpha value is -2.62. The largest absolute Gasteiger partial charge is 0.497 e. The van der Waals surface area contributed by atoms with E-state index in [1.807, 2.05) is 30.3 Å². The quantitative estimate of drug-likeness (QED) is 0.673. The van der Waals surface area contributed by atoms with E-state index in [4.69, 9.17) is 4.74 Å². The van der Waals surface area contributed by atoms with Crippen LogP contribution in [-0.4, -0.2) is 19.2 Å². The van der Waals surface area contributed by atoms with Gasteiger partial charge in [-0.05, 0) is 23.8 Å². The number of amides is 1. The molecule has 1 N–H and O–H groups in total. The summed E-state index contributed by atoms with van der Waals surface area (Å²) >= 11 is 0. The molecule has 0 unspecified atom stereocenters. The molecule has 96 valence electrons. The summed E-state index contributed by atoms with van der Waals surface area (Å²) in [5, 5.41) is 3.91. The highest BCUT2D eigenvalue weighted by Crippen LogP contribution is 2.12. The number of carbonyl (C=O) groups excluding carboxylic acids is 1. The molecule has 0 aromatic heterocycles. The first kappa shape index (κ1) is 12.8. The summed E-state index contributed by atoms with van der Waals surface area (Å²) in [7, 11) is 1.56. The van der Waals surface area contributed by atoms with Crippen LogP contribution in [0.25, 0.3) is 0 Å². The van der Waals surface area contributed by atoms with Crippen molar-refractivity contribution in [1.82, 2.24) is 5.43 Å². The molecular formula is C15H14N2O2. The Morgan fingerprint density at radius 3 is 2.68 bits per heavy atom. The van der Waals surface area contributed by atoms with E-state index < -0.39 is 0 Å². The number of hydrogen-bond donors (Lipinski definition) is 1. The normalized spacial score (nSPS) is 10.4. The number of hydrazone groups is 1. The molecule has 4 heteroatoms. The highest BCUT2D eigenvalue weighted by molar-refractivity contribution is 5.95. The smallest absolute Gasteiger partial charge is 0.271 e. The van der Waals surface area contributed by atoms with Crippen LogP contribution in [0.1, 0.15) is 15.9 Å². The molecular weight excluding hydrogens is 240 g/mol. The summed E-state index contributed by atoms with van der Waals surface area (Å²) in [6.45, 7) is 0. The Kier molecular flexibility index (Phi) is 4.29. The van der Waals surface area contributed by atoms with Crippen LogP contribution in [0.15, 0.2) is 59.7 Å². The van der Waals surface area contributed by atoms with Gasteiger partial charge < -0.3 is 4.74 Å². The first-order valence-electron chi connectivity index (χ1n) is 5.82. The van der Waals surface area contributed by atoms with Crippen LogP contribution in [0.3, 0.4) is 0 Å². The zero-order valence-corrected chi connectivity index (χ0v) is 10.5. The van der Waals surface area contributed by atoms with Crippen molar-refractivity contribution in [2.24, 2.45) is 5.10 Å². The number of methoxy groups -OCH3 is 1. The van der Waals surface area contributed by atoms with E-state index in [0.29, 0.717) is 11.3 Å². The average Bonchev–Trinajstić information content (AvgIpc) is 2.48. The van der Waals surface area contributed by atoms with E-state index in [1.54, 1.807) is 37.6 Å². The van der Waals surface area contributed by atoms with E-state index in [2.05, 4.69) is 10.5 Å². The number of carbonyl (C=O) groups is 1. The maximum Gasteiger partial charge on any atom is 0.271 e. The monoisotopic (exact) mass is 254 g/mol. The highest BCUT2D eigenvalue weighted by Gasteiger charge is 2.04. The number of ether oxygens (including phenoxy) is 1. The molecule has 2 aromatic rings. The van der Waals surface area contributed by atoms with Crippen molar-refractivity contribution in [3.63, 3.8) is 0 Å². The molecule has 0 aliphatic heterocycles. The van der Waals surface area contributed by atoms with Crippen molar-refractivity contribution in [3.8, 4) is 5.75 Å². The van der Waals surface area contributed by atoms with E-state index >= 15 is 0 Å². The Morgan fingerprint density at radius 2 is 1.95 bits per heavy atom. The maximum absolute atomic E-state index is 11.8. The molecule has 1 amide bonds. The minimum atomic E-state index is -0.272. The molecule has 0 heterocycles. The summed E-state index contributed by atoms with van der Waals surface area (Å²) in [5.41, 5.74) is 3.90. The number of benzene rings is 2. The van der Waals surface area contributed by atoms with Crippen LogP contribution >= 0.6 is 0 Å². The van der Waals surface area contributed by atoms with Crippen LogP contribution in [0.4, 0.5) is 0 Å². The summed E-state index contributed by atoms with van der Waals surface area (Å²) in [6.07, 6.45) is 1.60. The van der Waals surface area contributed by atoms with Gasteiger partial charge in [0, 0.05) is 5.56 Å². The van der Waals surface area contributed by atoms with Gasteiger partial charge in [0.15, 0.2) is 0 Å². The fraction of sp³-hybridized carbons (Fsp3) is 0.0667. The third kappa shape index (κ3) is 3.67. The Labute approximate surface area is 111 Å². The summed E-state index contributed by atoms with van der Waals surface area (Å²) in [6, 6.07) is 16.5. The minimum Gasteiger partial charge on any atom is -0.497 e. The van der Waals surface area contributed by atoms with Crippen molar-refractivity contribution >= 4 is 12.1 Å². The lowest BCUT2D eigenvalue weighted by molar-refractivity contribution is 0.0955. The molecule has 0 saturated carbocycles. The van der Waals surface area contributed by atoms with Gasteiger partial charge in [-0.3, -0.25) is 4.79 Å². The molecule has 4 nitrogen and oxygen atoms in total. The zero-order chi connectivity index (χ0) is 13.5. The van der Waals surface area contributed by atoms with E-state index in [1.165, 1.54) is 0 Å². The first-order valence-corrected chi connectivity index (χ1v) is 5.82. The third-order valence-corrected chi connectivity index (χ3v) is 2.51. The van der Waals surface area contributed by atoms with Gasteiger partial charge in [-0.1, -0.05) is 36.4 Å². The van der Waals surface area contributed by atoms with Gasteiger partial charge in [0.1, 0.15) is 5.75 Å². The standard InChI is InChI=1S/C15H14N2O2/c1-19-14-9-5-8-13(10-14)15(18)17-16-11-12-6-3-2-4-7-12/h2-11H,1H3,(H,17,18)/b16-11+. The average molecular weight is 254 g/mol. The molecule has 0 bridgehead atoms. The number of nitrogens with zero attached hydrogens (tertiary/aromatic N) is 1. The van der Waals surface area contributed by atoms with E-state index in [0.717, 1.165) is 5.56 Å². The Morgan fingerprint density at radius 1 is 1.16 bits per heavy atom. The molecule has 0 aliphatic rings. The van der Waals surface area contributed by atoms with Crippen LogP contribution in [0, 0.1) is 0 Å². The van der Waals surface area contributed by atoms with Crippen molar-refractivity contribution in [2.75, 3.05) is 7.11 Å². The lowest BCUT2D eigenvalue weighted by Gasteiger charge is -2.02. The number of hydrogen-bond acceptors (Lipinski definition) is 3. The van der Waals surface area contributed by atoms with Crippen LogP contribution < -0.4 is 10.2 Å². The zero-order valence-electron chi connectivity index (χ0n) is 10.5. The lowest BCUT2D eigenvalue weighted by atomic mass is 10.2. The third-order valence-electron chi connectivity index (χ3n) is 2.51. The Balaban J connectivity index is 1.99. The van der Waals surface area contributed by atoms with Crippen LogP contribution in [0.2, 0.25) is 0 Å². The van der Waals surface area contributed by atoms with Crippen molar-refractivity contribution in [3.05, 3.63) is 65.7 Å². The van der Waals surface area contributed by atoms with Gasteiger partial charge in [0.25, 0.3) is 5.91 Å². The fourth-order valence-electron chi connectivity index (χ4n) is 1.53. The molecule has 0 radical (unpaired) electrons. The molecule has 0 atom stereocenters. The highest BCUT2D eigenvalue weighted by atomic mass is 16.5. The van der Waals surface area contributed by atoms with Gasteiger partial charge in [0.05, 0.1) is 13.3 Å². The molecule has 19 heavy (non-hydrogen) atoms. The Bertz CT molecular complexity index is 580. The predicted octanol–water partition coefficient (Wildman–Crippen LogP) is 2.46. The van der Waals surface area contributed by atoms with Gasteiger partial charge in [-0.15, -0.1) is 0 Å². The number of rotatable bonds is 4. The molecule has 2 aromatic carbocycles. The van der Waals surface area contributed by atoms with E-state index in [-0.39, 0.29) is 5.91 Å². The van der Waals surface area contributed by atoms with Crippen LogP contribution in [0.5, 0.6) is 5.75 Å². The summed E-state index contributed by atoms with van der Waals surface area (Å²) in [5.74, 6) is 0.366. The second-order valence-corrected chi connectivity index (χ2v) is 3.84. The van der Waals surface area contributed by atoms with Gasteiger partial charge in [-0.2, -0.15) is 5.10 Å². The van der Waals surface area contributed by atoms with Gasteiger partial charge in [-0.25, -0.2) is 5.43 Å². The minimum absolute atomic E-state index is 0.272. The predicted molar refractivity (Wildman–Crippen MR) is 74.5 cm³/mol. The van der Waals surface area contributed by atoms with Crippen molar-refractivity contribution in [2.45, 2.75) is 0 Å². The summed E-state index contributed by atoms with van der Waals surface area (Å²) in [4.78, 5) is 11.8. The topological polar surface area (TPSA) is 50.7 Å². The van der Waals surface area contributed by atoms with Crippen molar-refractivity contribution in [1.29, 1.82) is 0 Å². The fourth-order valence-corrected chi connectivity index (χ4v) is 1.53. The van der Waals surface area contributed by atoms with Crippen LogP contribution in [-0.2, 0) is 0 Å². The molecule has 0 saturated heterocycles. The SMILES string of the molecule is COc1cccc(C(=O)N/N=C/c2ccccc2)c1. The molecule has 2 rings (SSSR count).